The number of piperidine rings is 1. The second-order valence-electron chi connectivity index (χ2n) is 7.79. The number of hydrogen-bond acceptors (Lipinski definition) is 6. The molecule has 6 nitrogen and oxygen atoms in total. The van der Waals surface area contributed by atoms with E-state index < -0.39 is 0 Å². The Bertz CT molecular complexity index is 844. The molecule has 166 valence electrons. The number of benzene rings is 2. The van der Waals surface area contributed by atoms with Gasteiger partial charge in [-0.1, -0.05) is 42.4 Å². The SMILES string of the molecule is CCC(C(=NOCCN)c1ccccc1)N1CCC(C(=O)c2ccc(OC)cc2)CC1. The molecular weight excluding hydrogens is 390 g/mol. The predicted molar refractivity (Wildman–Crippen MR) is 124 cm³/mol. The van der Waals surface area contributed by atoms with Crippen molar-refractivity contribution < 1.29 is 14.4 Å². The Morgan fingerprint density at radius 3 is 2.35 bits per heavy atom. The zero-order valence-corrected chi connectivity index (χ0v) is 18.5. The summed E-state index contributed by atoms with van der Waals surface area (Å²) >= 11 is 0. The number of oxime groups is 1. The molecule has 2 aromatic carbocycles. The van der Waals surface area contributed by atoms with Gasteiger partial charge in [-0.25, -0.2) is 0 Å². The number of likely N-dealkylation sites (tertiary alicyclic amines) is 1. The van der Waals surface area contributed by atoms with Gasteiger partial charge in [-0.2, -0.15) is 0 Å². The fourth-order valence-electron chi connectivity index (χ4n) is 4.17. The maximum Gasteiger partial charge on any atom is 0.166 e. The van der Waals surface area contributed by atoms with Crippen LogP contribution in [0, 0.1) is 5.92 Å². The lowest BCUT2D eigenvalue weighted by Crippen LogP contribution is -2.46. The molecule has 1 fully saturated rings. The normalized spacial score (nSPS) is 16.7. The fourth-order valence-corrected chi connectivity index (χ4v) is 4.17. The van der Waals surface area contributed by atoms with Gasteiger partial charge in [0.25, 0.3) is 0 Å². The van der Waals surface area contributed by atoms with E-state index in [4.69, 9.17) is 15.3 Å². The van der Waals surface area contributed by atoms with Crippen LogP contribution in [-0.4, -0.2) is 55.8 Å². The molecule has 1 heterocycles. The molecule has 0 radical (unpaired) electrons. The van der Waals surface area contributed by atoms with Gasteiger partial charge in [-0.3, -0.25) is 9.69 Å². The first-order valence-electron chi connectivity index (χ1n) is 11.1. The molecular formula is C25H33N3O3. The number of methoxy groups -OCH3 is 1. The minimum atomic E-state index is 0.0488. The van der Waals surface area contributed by atoms with E-state index in [1.54, 1.807) is 7.11 Å². The maximum atomic E-state index is 13.0. The topological polar surface area (TPSA) is 77.2 Å². The monoisotopic (exact) mass is 423 g/mol. The smallest absolute Gasteiger partial charge is 0.166 e. The van der Waals surface area contributed by atoms with Gasteiger partial charge in [0, 0.05) is 23.6 Å². The number of ketones is 1. The molecule has 0 aliphatic carbocycles. The van der Waals surface area contributed by atoms with Crippen LogP contribution in [0.3, 0.4) is 0 Å². The summed E-state index contributed by atoms with van der Waals surface area (Å²) in [5, 5.41) is 4.46. The van der Waals surface area contributed by atoms with Crippen molar-refractivity contribution in [3.8, 4) is 5.75 Å². The minimum absolute atomic E-state index is 0.0488. The van der Waals surface area contributed by atoms with Gasteiger partial charge in [0.2, 0.25) is 0 Å². The van der Waals surface area contributed by atoms with Crippen molar-refractivity contribution >= 4 is 11.5 Å². The summed E-state index contributed by atoms with van der Waals surface area (Å²) in [7, 11) is 1.63. The molecule has 1 unspecified atom stereocenters. The van der Waals surface area contributed by atoms with Crippen LogP contribution in [-0.2, 0) is 4.84 Å². The molecule has 0 aromatic heterocycles. The summed E-state index contributed by atoms with van der Waals surface area (Å²) in [5.74, 6) is 1.04. The van der Waals surface area contributed by atoms with Gasteiger partial charge >= 0.3 is 0 Å². The molecule has 0 bridgehead atoms. The molecule has 1 atom stereocenters. The fraction of sp³-hybridized carbons (Fsp3) is 0.440. The zero-order valence-electron chi connectivity index (χ0n) is 18.5. The zero-order chi connectivity index (χ0) is 22.1. The first kappa shape index (κ1) is 23.0. The Morgan fingerprint density at radius 2 is 1.77 bits per heavy atom. The molecule has 6 heteroatoms. The third-order valence-electron chi connectivity index (χ3n) is 5.86. The number of carbonyl (C=O) groups is 1. The Hall–Kier alpha value is -2.70. The number of rotatable bonds is 10. The number of Topliss-reactive ketones (excluding diaryl/α,β-unsaturated/α-hetero) is 1. The molecule has 0 spiro atoms. The first-order valence-corrected chi connectivity index (χ1v) is 11.1. The lowest BCUT2D eigenvalue weighted by atomic mass is 9.87. The third-order valence-corrected chi connectivity index (χ3v) is 5.86. The molecule has 31 heavy (non-hydrogen) atoms. The average Bonchev–Trinajstić information content (AvgIpc) is 2.84. The predicted octanol–water partition coefficient (Wildman–Crippen LogP) is 3.75. The van der Waals surface area contributed by atoms with Crippen LogP contribution in [0.4, 0.5) is 0 Å². The summed E-state index contributed by atoms with van der Waals surface area (Å²) in [5.41, 5.74) is 8.31. The molecule has 0 saturated carbocycles. The highest BCUT2D eigenvalue weighted by Crippen LogP contribution is 2.26. The summed E-state index contributed by atoms with van der Waals surface area (Å²) in [6.07, 6.45) is 2.59. The van der Waals surface area contributed by atoms with Crippen molar-refractivity contribution in [2.45, 2.75) is 32.2 Å². The van der Waals surface area contributed by atoms with Crippen LogP contribution in [0.2, 0.25) is 0 Å². The number of nitrogens with two attached hydrogens (primary N) is 1. The molecule has 2 N–H and O–H groups in total. The van der Waals surface area contributed by atoms with Crippen LogP contribution >= 0.6 is 0 Å². The van der Waals surface area contributed by atoms with Gasteiger partial charge in [0.05, 0.1) is 13.2 Å². The highest BCUT2D eigenvalue weighted by molar-refractivity contribution is 6.04. The molecule has 1 aliphatic heterocycles. The van der Waals surface area contributed by atoms with Crippen LogP contribution in [0.15, 0.2) is 59.8 Å². The molecule has 1 aliphatic rings. The first-order chi connectivity index (χ1) is 15.2. The van der Waals surface area contributed by atoms with Gasteiger partial charge in [0.15, 0.2) is 5.78 Å². The number of nitrogens with zero attached hydrogens (tertiary/aromatic N) is 2. The van der Waals surface area contributed by atoms with Gasteiger partial charge in [-0.05, 0) is 56.6 Å². The lowest BCUT2D eigenvalue weighted by Gasteiger charge is -2.37. The quantitative estimate of drug-likeness (QED) is 0.273. The Labute approximate surface area is 185 Å². The lowest BCUT2D eigenvalue weighted by molar-refractivity contribution is 0.0818. The van der Waals surface area contributed by atoms with E-state index in [1.807, 2.05) is 42.5 Å². The Morgan fingerprint density at radius 1 is 1.10 bits per heavy atom. The molecule has 1 saturated heterocycles. The molecule has 0 amide bonds. The Balaban J connectivity index is 1.68. The summed E-state index contributed by atoms with van der Waals surface area (Å²) < 4.78 is 5.19. The van der Waals surface area contributed by atoms with E-state index >= 15 is 0 Å². The van der Waals surface area contributed by atoms with Crippen LogP contribution in [0.5, 0.6) is 5.75 Å². The van der Waals surface area contributed by atoms with E-state index in [0.29, 0.717) is 13.2 Å². The van der Waals surface area contributed by atoms with Gasteiger partial charge in [-0.15, -0.1) is 0 Å². The van der Waals surface area contributed by atoms with Crippen molar-refractivity contribution in [3.63, 3.8) is 0 Å². The third kappa shape index (κ3) is 5.93. The van der Waals surface area contributed by atoms with Crippen molar-refractivity contribution in [1.82, 2.24) is 4.90 Å². The highest BCUT2D eigenvalue weighted by atomic mass is 16.6. The maximum absolute atomic E-state index is 13.0. The summed E-state index contributed by atoms with van der Waals surface area (Å²) in [4.78, 5) is 20.9. The summed E-state index contributed by atoms with van der Waals surface area (Å²) in [6, 6.07) is 17.7. The standard InChI is InChI=1S/C25H33N3O3/c1-3-23(24(27-31-18-15-26)19-7-5-4-6-8-19)28-16-13-21(14-17-28)25(29)20-9-11-22(30-2)12-10-20/h4-12,21,23H,3,13-18,26H2,1-2H3. The number of carbonyl (C=O) groups excluding carboxylic acids is 1. The molecule has 3 rings (SSSR count). The van der Waals surface area contributed by atoms with E-state index in [1.165, 1.54) is 0 Å². The van der Waals surface area contributed by atoms with Crippen molar-refractivity contribution in [2.75, 3.05) is 33.4 Å². The Kier molecular flexibility index (Phi) is 8.62. The van der Waals surface area contributed by atoms with E-state index in [-0.39, 0.29) is 17.7 Å². The van der Waals surface area contributed by atoms with Crippen molar-refractivity contribution in [3.05, 3.63) is 65.7 Å². The summed E-state index contributed by atoms with van der Waals surface area (Å²) in [6.45, 7) is 4.70. The van der Waals surface area contributed by atoms with Crippen molar-refractivity contribution in [2.24, 2.45) is 16.8 Å². The van der Waals surface area contributed by atoms with Crippen LogP contribution in [0.1, 0.15) is 42.1 Å². The number of hydrogen-bond donors (Lipinski definition) is 1. The van der Waals surface area contributed by atoms with Gasteiger partial charge < -0.3 is 15.3 Å². The average molecular weight is 424 g/mol. The highest BCUT2D eigenvalue weighted by Gasteiger charge is 2.31. The minimum Gasteiger partial charge on any atom is -0.497 e. The molecule has 2 aromatic rings. The van der Waals surface area contributed by atoms with Crippen molar-refractivity contribution in [1.29, 1.82) is 0 Å². The van der Waals surface area contributed by atoms with Gasteiger partial charge in [0.1, 0.15) is 18.1 Å². The van der Waals surface area contributed by atoms with E-state index in [0.717, 1.165) is 54.9 Å². The largest absolute Gasteiger partial charge is 0.497 e. The number of ether oxygens (including phenoxy) is 1. The van der Waals surface area contributed by atoms with E-state index in [2.05, 4.69) is 29.1 Å². The van der Waals surface area contributed by atoms with E-state index in [9.17, 15) is 4.79 Å². The van der Waals surface area contributed by atoms with Crippen LogP contribution < -0.4 is 10.5 Å². The van der Waals surface area contributed by atoms with Crippen LogP contribution in [0.25, 0.3) is 0 Å². The second-order valence-corrected chi connectivity index (χ2v) is 7.79. The second kappa shape index (κ2) is 11.6.